The number of halogens is 14. The molecule has 0 heterocycles. The third-order valence-corrected chi connectivity index (χ3v) is 13.8. The van der Waals surface area contributed by atoms with Crippen LogP contribution in [0, 0.1) is 0 Å². The molecule has 1 aliphatic carbocycles. The smallest absolute Gasteiger partial charge is 0.274 e. The summed E-state index contributed by atoms with van der Waals surface area (Å²) in [6, 6.07) is 8.99. The van der Waals surface area contributed by atoms with Crippen molar-refractivity contribution in [2.24, 2.45) is 0 Å². The zero-order valence-corrected chi connectivity index (χ0v) is 26.2. The standard InChI is InChI=1S/C18H6Cl14O2/c19-8-6-9(11(21)12(22)10(8)20)34-18(32)16(29,30)14(25,26)13(23,24)15(27,28)17(18,31)33-7-4-2-1-3-5-7/h1-6H. The Kier molecular flexibility index (Phi) is 8.95. The van der Waals surface area contributed by atoms with Crippen molar-refractivity contribution in [3.63, 3.8) is 0 Å². The third kappa shape index (κ3) is 4.22. The van der Waals surface area contributed by atoms with E-state index in [1.54, 1.807) is 18.2 Å². The van der Waals surface area contributed by atoms with Gasteiger partial charge in [0, 0.05) is 6.07 Å². The van der Waals surface area contributed by atoms with E-state index in [-0.39, 0.29) is 31.6 Å². The van der Waals surface area contributed by atoms with E-state index in [0.717, 1.165) is 6.07 Å². The van der Waals surface area contributed by atoms with Gasteiger partial charge >= 0.3 is 0 Å². The lowest BCUT2D eigenvalue weighted by Gasteiger charge is -2.63. The number of benzene rings is 2. The lowest BCUT2D eigenvalue weighted by atomic mass is 9.88. The number of alkyl halides is 10. The highest BCUT2D eigenvalue weighted by molar-refractivity contribution is 6.77. The van der Waals surface area contributed by atoms with Gasteiger partial charge in [-0.3, -0.25) is 0 Å². The summed E-state index contributed by atoms with van der Waals surface area (Å²) in [7, 11) is 0. The fourth-order valence-corrected chi connectivity index (χ4v) is 7.65. The molecule has 1 fully saturated rings. The van der Waals surface area contributed by atoms with Crippen LogP contribution in [0.15, 0.2) is 36.4 Å². The molecule has 0 saturated heterocycles. The Morgan fingerprint density at radius 1 is 0.500 bits per heavy atom. The Morgan fingerprint density at radius 2 is 0.941 bits per heavy atom. The summed E-state index contributed by atoms with van der Waals surface area (Å²) in [5, 5.41) is -6.19. The highest BCUT2D eigenvalue weighted by Gasteiger charge is 2.91. The Balaban J connectivity index is 2.36. The molecule has 16 heteroatoms. The van der Waals surface area contributed by atoms with E-state index in [1.165, 1.54) is 12.1 Å². The SMILES string of the molecule is Clc1cc(OC2(Cl)C(Cl)(Cl)C(Cl)(Cl)C(Cl)(Cl)C(Cl)(Cl)C2(Cl)Oc2ccccc2)c(Cl)c(Cl)c1Cl. The summed E-state index contributed by atoms with van der Waals surface area (Å²) < 4.78 is 1.06. The second kappa shape index (κ2) is 9.93. The molecule has 0 radical (unpaired) electrons. The summed E-state index contributed by atoms with van der Waals surface area (Å²) in [5.41, 5.74) is 0. The van der Waals surface area contributed by atoms with Crippen molar-refractivity contribution < 1.29 is 9.47 Å². The van der Waals surface area contributed by atoms with Crippen LogP contribution in [0.4, 0.5) is 0 Å². The molecule has 34 heavy (non-hydrogen) atoms. The molecule has 188 valence electrons. The Bertz CT molecular complexity index is 1110. The predicted molar refractivity (Wildman–Crippen MR) is 149 cm³/mol. The normalized spacial score (nSPS) is 28.9. The van der Waals surface area contributed by atoms with Gasteiger partial charge in [0.25, 0.3) is 10.1 Å². The third-order valence-electron chi connectivity index (χ3n) is 4.73. The largest absolute Gasteiger partial charge is 0.463 e. The molecule has 0 aliphatic heterocycles. The van der Waals surface area contributed by atoms with Gasteiger partial charge in [-0.25, -0.2) is 0 Å². The predicted octanol–water partition coefficient (Wildman–Crippen LogP) is 11.3. The molecule has 2 atom stereocenters. The van der Waals surface area contributed by atoms with Gasteiger partial charge < -0.3 is 9.47 Å². The maximum atomic E-state index is 6.90. The molecule has 3 rings (SSSR count). The van der Waals surface area contributed by atoms with E-state index >= 15 is 0 Å². The maximum absolute atomic E-state index is 6.90. The van der Waals surface area contributed by atoms with Gasteiger partial charge in [-0.05, 0) is 12.1 Å². The molecule has 0 spiro atoms. The van der Waals surface area contributed by atoms with Crippen molar-refractivity contribution in [1.29, 1.82) is 0 Å². The molecule has 2 nitrogen and oxygen atoms in total. The number of hydrogen-bond acceptors (Lipinski definition) is 2. The van der Waals surface area contributed by atoms with E-state index in [2.05, 4.69) is 0 Å². The fraction of sp³-hybridized carbons (Fsp3) is 0.333. The second-order valence-electron chi connectivity index (χ2n) is 6.80. The van der Waals surface area contributed by atoms with Crippen LogP contribution < -0.4 is 9.47 Å². The van der Waals surface area contributed by atoms with Crippen LogP contribution in [-0.4, -0.2) is 27.5 Å². The first-order chi connectivity index (χ1) is 15.3. The topological polar surface area (TPSA) is 18.5 Å². The number of hydrogen-bond donors (Lipinski definition) is 0. The number of para-hydroxylation sites is 1. The lowest BCUT2D eigenvalue weighted by molar-refractivity contribution is -0.0554. The minimum Gasteiger partial charge on any atom is -0.463 e. The van der Waals surface area contributed by atoms with Crippen LogP contribution in [-0.2, 0) is 0 Å². The monoisotopic (exact) mass is 744 g/mol. The quantitative estimate of drug-likeness (QED) is 0.176. The molecule has 2 unspecified atom stereocenters. The zero-order valence-electron chi connectivity index (χ0n) is 15.6. The van der Waals surface area contributed by atoms with E-state index < -0.39 is 27.5 Å². The Labute approximate surface area is 264 Å². The lowest BCUT2D eigenvalue weighted by Crippen LogP contribution is -2.84. The van der Waals surface area contributed by atoms with Crippen molar-refractivity contribution in [1.82, 2.24) is 0 Å². The van der Waals surface area contributed by atoms with E-state index in [0.29, 0.717) is 0 Å². The van der Waals surface area contributed by atoms with Gasteiger partial charge in [-0.15, -0.1) is 0 Å². The first-order valence-corrected chi connectivity index (χ1v) is 13.7. The second-order valence-corrected chi connectivity index (χ2v) is 14.7. The van der Waals surface area contributed by atoms with Crippen molar-refractivity contribution in [3.8, 4) is 11.5 Å². The maximum Gasteiger partial charge on any atom is 0.274 e. The first-order valence-electron chi connectivity index (χ1n) is 8.45. The van der Waals surface area contributed by atoms with Crippen molar-refractivity contribution in [2.75, 3.05) is 0 Å². The van der Waals surface area contributed by atoms with Crippen LogP contribution in [0.5, 0.6) is 11.5 Å². The summed E-state index contributed by atoms with van der Waals surface area (Å²) in [4.78, 5) is 0. The summed E-state index contributed by atoms with van der Waals surface area (Å²) >= 11 is 90.5. The van der Waals surface area contributed by atoms with Crippen LogP contribution in [0.2, 0.25) is 20.1 Å². The molecule has 0 N–H and O–H groups in total. The highest BCUT2D eigenvalue weighted by atomic mass is 35.6. The van der Waals surface area contributed by atoms with Gasteiger partial charge in [0.05, 0.1) is 15.1 Å². The molecule has 0 amide bonds. The number of rotatable bonds is 4. The van der Waals surface area contributed by atoms with E-state index in [4.69, 9.17) is 172 Å². The molecule has 0 aromatic heterocycles. The molecule has 1 aliphatic rings. The fourth-order valence-electron chi connectivity index (χ4n) is 2.89. The molecular formula is C18H6Cl14O2. The van der Waals surface area contributed by atoms with E-state index in [1.807, 2.05) is 0 Å². The van der Waals surface area contributed by atoms with Crippen molar-refractivity contribution in [2.45, 2.75) is 27.5 Å². The molecule has 1 saturated carbocycles. The average Bonchev–Trinajstić information content (AvgIpc) is 2.75. The van der Waals surface area contributed by atoms with Crippen molar-refractivity contribution in [3.05, 3.63) is 56.5 Å². The Morgan fingerprint density at radius 3 is 1.41 bits per heavy atom. The first kappa shape index (κ1) is 30.6. The Hall–Kier alpha value is 2.10. The molecular weight excluding hydrogens is 745 g/mol. The zero-order chi connectivity index (χ0) is 26.1. The minimum atomic E-state index is -2.81. The number of ether oxygens (including phenoxy) is 2. The average molecular weight is 751 g/mol. The highest BCUT2D eigenvalue weighted by Crippen LogP contribution is 2.76. The molecule has 2 aromatic carbocycles. The summed E-state index contributed by atoms with van der Waals surface area (Å²) in [6.07, 6.45) is 0. The summed E-state index contributed by atoms with van der Waals surface area (Å²) in [6.45, 7) is 0. The van der Waals surface area contributed by atoms with Gasteiger partial charge in [-0.1, -0.05) is 181 Å². The van der Waals surface area contributed by atoms with Crippen LogP contribution in [0.1, 0.15) is 0 Å². The van der Waals surface area contributed by atoms with Crippen LogP contribution in [0.3, 0.4) is 0 Å². The van der Waals surface area contributed by atoms with E-state index in [9.17, 15) is 0 Å². The molecule has 0 bridgehead atoms. The van der Waals surface area contributed by atoms with Gasteiger partial charge in [0.15, 0.2) is 8.67 Å². The van der Waals surface area contributed by atoms with Crippen LogP contribution in [0.25, 0.3) is 0 Å². The van der Waals surface area contributed by atoms with Gasteiger partial charge in [0.2, 0.25) is 8.67 Å². The van der Waals surface area contributed by atoms with Crippen LogP contribution >= 0.6 is 162 Å². The van der Waals surface area contributed by atoms with Gasteiger partial charge in [0.1, 0.15) is 16.5 Å². The minimum absolute atomic E-state index is 0.0694. The van der Waals surface area contributed by atoms with Crippen molar-refractivity contribution >= 4 is 162 Å². The molecule has 2 aromatic rings. The summed E-state index contributed by atoms with van der Waals surface area (Å²) in [5.74, 6) is -0.256. The van der Waals surface area contributed by atoms with Gasteiger partial charge in [-0.2, -0.15) is 0 Å².